The SMILES string of the molecule is COc1c(Cl)cc(-c2nc3ncccc3o2)cc1NC(=O)c1ccc(Br)o1. The summed E-state index contributed by atoms with van der Waals surface area (Å²) < 4.78 is 16.8. The van der Waals surface area contributed by atoms with E-state index in [0.717, 1.165) is 0 Å². The predicted molar refractivity (Wildman–Crippen MR) is 103 cm³/mol. The Kier molecular flexibility index (Phi) is 4.59. The number of fused-ring (bicyclic) bond motifs is 1. The first-order valence-corrected chi connectivity index (χ1v) is 8.88. The van der Waals surface area contributed by atoms with Gasteiger partial charge in [0, 0.05) is 11.8 Å². The van der Waals surface area contributed by atoms with Gasteiger partial charge in [-0.15, -0.1) is 0 Å². The number of hydrogen-bond donors (Lipinski definition) is 1. The number of oxazole rings is 1. The van der Waals surface area contributed by atoms with Gasteiger partial charge in [-0.05, 0) is 52.3 Å². The molecule has 3 aromatic heterocycles. The van der Waals surface area contributed by atoms with Crippen LogP contribution >= 0.6 is 27.5 Å². The zero-order valence-electron chi connectivity index (χ0n) is 13.8. The zero-order valence-corrected chi connectivity index (χ0v) is 16.2. The Morgan fingerprint density at radius 3 is 2.81 bits per heavy atom. The van der Waals surface area contributed by atoms with E-state index < -0.39 is 5.91 Å². The van der Waals surface area contributed by atoms with Gasteiger partial charge in [0.2, 0.25) is 5.89 Å². The number of pyridine rings is 1. The third-order valence-electron chi connectivity index (χ3n) is 3.70. The number of methoxy groups -OCH3 is 1. The summed E-state index contributed by atoms with van der Waals surface area (Å²) >= 11 is 9.49. The highest BCUT2D eigenvalue weighted by atomic mass is 79.9. The standard InChI is InChI=1S/C18H11BrClN3O4/c1-25-15-10(20)7-9(18-23-16-12(27-18)3-2-6-21-16)8-11(15)22-17(24)13-4-5-14(19)26-13/h2-8H,1H3,(H,22,24). The normalized spacial score (nSPS) is 10.9. The highest BCUT2D eigenvalue weighted by molar-refractivity contribution is 9.10. The van der Waals surface area contributed by atoms with Gasteiger partial charge in [-0.25, -0.2) is 4.98 Å². The second-order valence-electron chi connectivity index (χ2n) is 5.44. The number of amides is 1. The van der Waals surface area contributed by atoms with E-state index in [1.165, 1.54) is 7.11 Å². The van der Waals surface area contributed by atoms with Crippen LogP contribution in [0.1, 0.15) is 10.6 Å². The van der Waals surface area contributed by atoms with Crippen LogP contribution in [0.2, 0.25) is 5.02 Å². The molecule has 0 bridgehead atoms. The molecule has 0 radical (unpaired) electrons. The summed E-state index contributed by atoms with van der Waals surface area (Å²) in [5, 5.41) is 3.02. The summed E-state index contributed by atoms with van der Waals surface area (Å²) in [7, 11) is 1.46. The van der Waals surface area contributed by atoms with Crippen LogP contribution in [-0.2, 0) is 0 Å². The molecule has 0 saturated carbocycles. The number of carbonyl (C=O) groups excluding carboxylic acids is 1. The second-order valence-corrected chi connectivity index (χ2v) is 6.63. The van der Waals surface area contributed by atoms with Crippen molar-refractivity contribution in [3.8, 4) is 17.2 Å². The van der Waals surface area contributed by atoms with Crippen molar-refractivity contribution in [1.82, 2.24) is 9.97 Å². The Morgan fingerprint density at radius 1 is 1.26 bits per heavy atom. The molecule has 9 heteroatoms. The number of furan rings is 1. The average Bonchev–Trinajstić information content (AvgIpc) is 3.27. The zero-order chi connectivity index (χ0) is 19.0. The Labute approximate surface area is 166 Å². The van der Waals surface area contributed by atoms with Crippen LogP contribution in [0.5, 0.6) is 5.75 Å². The topological polar surface area (TPSA) is 90.4 Å². The van der Waals surface area contributed by atoms with Crippen LogP contribution in [-0.4, -0.2) is 23.0 Å². The summed E-state index contributed by atoms with van der Waals surface area (Å²) in [4.78, 5) is 20.9. The van der Waals surface area contributed by atoms with Gasteiger partial charge >= 0.3 is 0 Å². The lowest BCUT2D eigenvalue weighted by molar-refractivity contribution is 0.0995. The molecule has 0 aliphatic heterocycles. The van der Waals surface area contributed by atoms with Crippen LogP contribution < -0.4 is 10.1 Å². The Balaban J connectivity index is 1.75. The molecule has 136 valence electrons. The molecular weight excluding hydrogens is 438 g/mol. The second kappa shape index (κ2) is 7.05. The highest BCUT2D eigenvalue weighted by Crippen LogP contribution is 2.38. The molecule has 1 N–H and O–H groups in total. The van der Waals surface area contributed by atoms with Crippen LogP contribution in [0.4, 0.5) is 5.69 Å². The average molecular weight is 449 g/mol. The number of nitrogens with one attached hydrogen (secondary N) is 1. The maximum Gasteiger partial charge on any atom is 0.291 e. The number of halogens is 2. The molecule has 4 rings (SSSR count). The minimum Gasteiger partial charge on any atom is -0.493 e. The molecule has 4 aromatic rings. The van der Waals surface area contributed by atoms with Gasteiger partial charge in [0.15, 0.2) is 27.4 Å². The van der Waals surface area contributed by atoms with Crippen LogP contribution in [0.3, 0.4) is 0 Å². The largest absolute Gasteiger partial charge is 0.493 e. The maximum absolute atomic E-state index is 12.4. The minimum absolute atomic E-state index is 0.136. The lowest BCUT2D eigenvalue weighted by atomic mass is 10.1. The molecule has 0 fully saturated rings. The highest BCUT2D eigenvalue weighted by Gasteiger charge is 2.19. The quantitative estimate of drug-likeness (QED) is 0.464. The molecule has 0 aliphatic rings. The van der Waals surface area contributed by atoms with E-state index in [9.17, 15) is 4.79 Å². The third kappa shape index (κ3) is 3.41. The third-order valence-corrected chi connectivity index (χ3v) is 4.41. The fourth-order valence-electron chi connectivity index (χ4n) is 2.53. The van der Waals surface area contributed by atoms with E-state index in [1.54, 1.807) is 42.6 Å². The van der Waals surface area contributed by atoms with Crippen molar-refractivity contribution in [2.45, 2.75) is 0 Å². The number of aromatic nitrogens is 2. The van der Waals surface area contributed by atoms with Gasteiger partial charge in [-0.3, -0.25) is 4.79 Å². The molecular formula is C18H11BrClN3O4. The first kappa shape index (κ1) is 17.6. The van der Waals surface area contributed by atoms with Crippen molar-refractivity contribution in [3.05, 3.63) is 58.0 Å². The van der Waals surface area contributed by atoms with E-state index >= 15 is 0 Å². The number of ether oxygens (including phenoxy) is 1. The van der Waals surface area contributed by atoms with Gasteiger partial charge in [0.05, 0.1) is 17.8 Å². The number of benzene rings is 1. The van der Waals surface area contributed by atoms with Crippen molar-refractivity contribution >= 4 is 50.4 Å². The fourth-order valence-corrected chi connectivity index (χ4v) is 3.13. The van der Waals surface area contributed by atoms with Gasteiger partial charge in [0.1, 0.15) is 0 Å². The molecule has 0 aliphatic carbocycles. The minimum atomic E-state index is -0.452. The Hall–Kier alpha value is -2.84. The summed E-state index contributed by atoms with van der Waals surface area (Å²) in [6.07, 6.45) is 1.63. The van der Waals surface area contributed by atoms with Gasteiger partial charge < -0.3 is 18.9 Å². The molecule has 0 saturated heterocycles. The lowest BCUT2D eigenvalue weighted by Crippen LogP contribution is -2.12. The first-order chi connectivity index (χ1) is 13.0. The van der Waals surface area contributed by atoms with Crippen molar-refractivity contribution < 1.29 is 18.4 Å². The number of anilines is 1. The van der Waals surface area contributed by atoms with E-state index in [-0.39, 0.29) is 5.76 Å². The van der Waals surface area contributed by atoms with Crippen molar-refractivity contribution in [2.75, 3.05) is 12.4 Å². The first-order valence-electron chi connectivity index (χ1n) is 7.71. The fraction of sp³-hybridized carbons (Fsp3) is 0.0556. The van der Waals surface area contributed by atoms with E-state index in [2.05, 4.69) is 31.2 Å². The smallest absolute Gasteiger partial charge is 0.291 e. The Morgan fingerprint density at radius 2 is 2.11 bits per heavy atom. The summed E-state index contributed by atoms with van der Waals surface area (Å²) in [5.41, 5.74) is 1.94. The number of carbonyl (C=O) groups is 1. The van der Waals surface area contributed by atoms with E-state index in [0.29, 0.717) is 43.8 Å². The molecule has 3 heterocycles. The molecule has 1 amide bonds. The molecule has 7 nitrogen and oxygen atoms in total. The number of nitrogens with zero attached hydrogens (tertiary/aromatic N) is 2. The predicted octanol–water partition coefficient (Wildman–Crippen LogP) is 5.16. The van der Waals surface area contributed by atoms with Gasteiger partial charge in [-0.2, -0.15) is 4.98 Å². The van der Waals surface area contributed by atoms with Crippen molar-refractivity contribution in [3.63, 3.8) is 0 Å². The molecule has 1 aromatic carbocycles. The summed E-state index contributed by atoms with van der Waals surface area (Å²) in [6.45, 7) is 0. The maximum atomic E-state index is 12.4. The van der Waals surface area contributed by atoms with Crippen molar-refractivity contribution in [1.29, 1.82) is 0 Å². The Bertz CT molecular complexity index is 1120. The lowest BCUT2D eigenvalue weighted by Gasteiger charge is -2.12. The van der Waals surface area contributed by atoms with Gasteiger partial charge in [0.25, 0.3) is 5.91 Å². The monoisotopic (exact) mass is 447 g/mol. The van der Waals surface area contributed by atoms with Crippen LogP contribution in [0.25, 0.3) is 22.7 Å². The summed E-state index contributed by atoms with van der Waals surface area (Å²) in [5.74, 6) is 0.320. The number of rotatable bonds is 4. The molecule has 0 spiro atoms. The molecule has 0 unspecified atom stereocenters. The molecule has 27 heavy (non-hydrogen) atoms. The number of hydrogen-bond acceptors (Lipinski definition) is 6. The van der Waals surface area contributed by atoms with E-state index in [1.807, 2.05) is 0 Å². The van der Waals surface area contributed by atoms with E-state index in [4.69, 9.17) is 25.2 Å². The summed E-state index contributed by atoms with van der Waals surface area (Å²) in [6, 6.07) is 9.99. The molecule has 0 atom stereocenters. The van der Waals surface area contributed by atoms with Crippen molar-refractivity contribution in [2.24, 2.45) is 0 Å². The van der Waals surface area contributed by atoms with Crippen LogP contribution in [0.15, 0.2) is 56.1 Å². The van der Waals surface area contributed by atoms with Crippen LogP contribution in [0, 0.1) is 0 Å². The van der Waals surface area contributed by atoms with Gasteiger partial charge in [-0.1, -0.05) is 11.6 Å².